The summed E-state index contributed by atoms with van der Waals surface area (Å²) >= 11 is 0. The number of rotatable bonds is 4. The number of amides is 1. The van der Waals surface area contributed by atoms with Gasteiger partial charge in [0.25, 0.3) is 5.91 Å². The van der Waals surface area contributed by atoms with Crippen molar-refractivity contribution in [3.8, 4) is 0 Å². The van der Waals surface area contributed by atoms with Crippen molar-refractivity contribution < 1.29 is 18.0 Å². The highest BCUT2D eigenvalue weighted by molar-refractivity contribution is 5.94. The summed E-state index contributed by atoms with van der Waals surface area (Å²) < 4.78 is 40.1. The highest BCUT2D eigenvalue weighted by atomic mass is 19.2. The standard InChI is InChI=1S/C20H19F3N2O/c21-17-9-8-16(18(22)19(17)23)20(26)25-13-11-24(12-14-25)10-4-7-15-5-2-1-3-6-15/h1-9H,10-14H2/b7-4+. The van der Waals surface area contributed by atoms with Crippen molar-refractivity contribution in [1.82, 2.24) is 9.80 Å². The molecule has 0 aromatic heterocycles. The molecular formula is C20H19F3N2O. The number of carbonyl (C=O) groups excluding carboxylic acids is 1. The fourth-order valence-corrected chi connectivity index (χ4v) is 2.90. The van der Waals surface area contributed by atoms with Crippen LogP contribution in [0.2, 0.25) is 0 Å². The minimum absolute atomic E-state index is 0.413. The molecular weight excluding hydrogens is 341 g/mol. The van der Waals surface area contributed by atoms with Crippen LogP contribution in [0.15, 0.2) is 48.5 Å². The van der Waals surface area contributed by atoms with Crippen LogP contribution in [0.3, 0.4) is 0 Å². The van der Waals surface area contributed by atoms with Gasteiger partial charge in [-0.1, -0.05) is 42.5 Å². The van der Waals surface area contributed by atoms with Crippen LogP contribution in [-0.4, -0.2) is 48.4 Å². The molecule has 2 aromatic rings. The van der Waals surface area contributed by atoms with Crippen LogP contribution in [0.1, 0.15) is 15.9 Å². The third-order valence-electron chi connectivity index (χ3n) is 4.40. The lowest BCUT2D eigenvalue weighted by Crippen LogP contribution is -2.48. The van der Waals surface area contributed by atoms with Crippen LogP contribution < -0.4 is 0 Å². The number of carbonyl (C=O) groups is 1. The highest BCUT2D eigenvalue weighted by Gasteiger charge is 2.26. The van der Waals surface area contributed by atoms with Crippen molar-refractivity contribution in [2.45, 2.75) is 0 Å². The molecule has 6 heteroatoms. The van der Waals surface area contributed by atoms with Gasteiger partial charge in [-0.3, -0.25) is 9.69 Å². The highest BCUT2D eigenvalue weighted by Crippen LogP contribution is 2.18. The molecule has 2 aromatic carbocycles. The average molecular weight is 360 g/mol. The maximum absolute atomic E-state index is 13.8. The summed E-state index contributed by atoms with van der Waals surface area (Å²) in [5.74, 6) is -4.95. The summed E-state index contributed by atoms with van der Waals surface area (Å²) in [6.07, 6.45) is 4.09. The van der Waals surface area contributed by atoms with E-state index in [1.807, 2.05) is 36.4 Å². The smallest absolute Gasteiger partial charge is 0.257 e. The lowest BCUT2D eigenvalue weighted by atomic mass is 10.1. The number of hydrogen-bond donors (Lipinski definition) is 0. The predicted octanol–water partition coefficient (Wildman–Crippen LogP) is 3.58. The number of nitrogens with zero attached hydrogens (tertiary/aromatic N) is 2. The van der Waals surface area contributed by atoms with Gasteiger partial charge in [0.1, 0.15) is 0 Å². The first kappa shape index (κ1) is 18.2. The largest absolute Gasteiger partial charge is 0.336 e. The summed E-state index contributed by atoms with van der Waals surface area (Å²) in [4.78, 5) is 16.0. The zero-order valence-corrected chi connectivity index (χ0v) is 14.2. The van der Waals surface area contributed by atoms with Gasteiger partial charge in [-0.15, -0.1) is 0 Å². The van der Waals surface area contributed by atoms with Crippen LogP contribution in [0.4, 0.5) is 13.2 Å². The van der Waals surface area contributed by atoms with E-state index in [0.717, 1.165) is 24.2 Å². The molecule has 1 fully saturated rings. The van der Waals surface area contributed by atoms with Gasteiger partial charge in [0.05, 0.1) is 5.56 Å². The van der Waals surface area contributed by atoms with E-state index < -0.39 is 28.9 Å². The fraction of sp³-hybridized carbons (Fsp3) is 0.250. The minimum atomic E-state index is -1.61. The number of hydrogen-bond acceptors (Lipinski definition) is 2. The molecule has 1 aliphatic heterocycles. The summed E-state index contributed by atoms with van der Waals surface area (Å²) in [6.45, 7) is 2.84. The van der Waals surface area contributed by atoms with Crippen molar-refractivity contribution in [3.63, 3.8) is 0 Å². The summed E-state index contributed by atoms with van der Waals surface area (Å²) in [7, 11) is 0. The lowest BCUT2D eigenvalue weighted by Gasteiger charge is -2.34. The Labute approximate surface area is 150 Å². The summed E-state index contributed by atoms with van der Waals surface area (Å²) in [5.41, 5.74) is 0.691. The van der Waals surface area contributed by atoms with E-state index in [4.69, 9.17) is 0 Å². The van der Waals surface area contributed by atoms with Crippen molar-refractivity contribution in [2.75, 3.05) is 32.7 Å². The Morgan fingerprint density at radius 1 is 0.923 bits per heavy atom. The van der Waals surface area contributed by atoms with Crippen molar-refractivity contribution in [2.24, 2.45) is 0 Å². The zero-order chi connectivity index (χ0) is 18.5. The average Bonchev–Trinajstić information content (AvgIpc) is 2.67. The molecule has 1 amide bonds. The van der Waals surface area contributed by atoms with Gasteiger partial charge in [-0.05, 0) is 17.7 Å². The molecule has 0 N–H and O–H groups in total. The molecule has 0 radical (unpaired) electrons. The minimum Gasteiger partial charge on any atom is -0.336 e. The predicted molar refractivity (Wildman–Crippen MR) is 94.1 cm³/mol. The number of piperazine rings is 1. The zero-order valence-electron chi connectivity index (χ0n) is 14.2. The Morgan fingerprint density at radius 2 is 1.62 bits per heavy atom. The van der Waals surface area contributed by atoms with Crippen molar-refractivity contribution in [1.29, 1.82) is 0 Å². The van der Waals surface area contributed by atoms with Gasteiger partial charge < -0.3 is 4.90 Å². The van der Waals surface area contributed by atoms with Gasteiger partial charge in [0.2, 0.25) is 0 Å². The molecule has 26 heavy (non-hydrogen) atoms. The molecule has 0 aliphatic carbocycles. The molecule has 1 saturated heterocycles. The van der Waals surface area contributed by atoms with E-state index in [-0.39, 0.29) is 0 Å². The van der Waals surface area contributed by atoms with E-state index in [0.29, 0.717) is 26.2 Å². The van der Waals surface area contributed by atoms with Gasteiger partial charge >= 0.3 is 0 Å². The van der Waals surface area contributed by atoms with Crippen molar-refractivity contribution >= 4 is 12.0 Å². The van der Waals surface area contributed by atoms with Gasteiger partial charge in [-0.25, -0.2) is 13.2 Å². The maximum Gasteiger partial charge on any atom is 0.257 e. The molecule has 1 aliphatic rings. The second kappa shape index (κ2) is 8.19. The molecule has 3 rings (SSSR count). The SMILES string of the molecule is O=C(c1ccc(F)c(F)c1F)N1CCN(C/C=C/c2ccccc2)CC1. The molecule has 0 unspecified atom stereocenters. The third-order valence-corrected chi connectivity index (χ3v) is 4.40. The van der Waals surface area contributed by atoms with Crippen LogP contribution in [0, 0.1) is 17.5 Å². The first-order valence-electron chi connectivity index (χ1n) is 8.43. The Kier molecular flexibility index (Phi) is 5.73. The Hall–Kier alpha value is -2.60. The van der Waals surface area contributed by atoms with Gasteiger partial charge in [-0.2, -0.15) is 0 Å². The maximum atomic E-state index is 13.8. The molecule has 3 nitrogen and oxygen atoms in total. The third kappa shape index (κ3) is 4.14. The number of benzene rings is 2. The summed E-state index contributed by atoms with van der Waals surface area (Å²) in [5, 5.41) is 0. The first-order valence-corrected chi connectivity index (χ1v) is 8.43. The number of halogens is 3. The molecule has 0 bridgehead atoms. The monoisotopic (exact) mass is 360 g/mol. The molecule has 0 spiro atoms. The molecule has 1 heterocycles. The van der Waals surface area contributed by atoms with Crippen LogP contribution in [0.25, 0.3) is 6.08 Å². The molecule has 136 valence electrons. The van der Waals surface area contributed by atoms with E-state index in [2.05, 4.69) is 11.0 Å². The Bertz CT molecular complexity index is 800. The van der Waals surface area contributed by atoms with E-state index in [9.17, 15) is 18.0 Å². The van der Waals surface area contributed by atoms with Crippen molar-refractivity contribution in [3.05, 3.63) is 77.1 Å². The second-order valence-electron chi connectivity index (χ2n) is 6.13. The second-order valence-corrected chi connectivity index (χ2v) is 6.13. The molecule has 0 atom stereocenters. The van der Waals surface area contributed by atoms with Crippen LogP contribution in [0.5, 0.6) is 0 Å². The van der Waals surface area contributed by atoms with Gasteiger partial charge in [0, 0.05) is 32.7 Å². The van der Waals surface area contributed by atoms with Gasteiger partial charge in [0.15, 0.2) is 17.5 Å². The van der Waals surface area contributed by atoms with E-state index >= 15 is 0 Å². The topological polar surface area (TPSA) is 23.6 Å². The molecule has 0 saturated carbocycles. The van der Waals surface area contributed by atoms with E-state index in [1.165, 1.54) is 4.90 Å². The fourth-order valence-electron chi connectivity index (χ4n) is 2.90. The van der Waals surface area contributed by atoms with E-state index in [1.54, 1.807) is 0 Å². The summed E-state index contributed by atoms with van der Waals surface area (Å²) in [6, 6.07) is 11.7. The Balaban J connectivity index is 1.54. The Morgan fingerprint density at radius 3 is 2.31 bits per heavy atom. The van der Waals surface area contributed by atoms with Crippen LogP contribution >= 0.6 is 0 Å². The normalized spacial score (nSPS) is 15.6. The first-order chi connectivity index (χ1) is 12.6. The lowest BCUT2D eigenvalue weighted by molar-refractivity contribution is 0.0644. The van der Waals surface area contributed by atoms with Crippen LogP contribution in [-0.2, 0) is 0 Å². The quantitative estimate of drug-likeness (QED) is 0.778.